The Labute approximate surface area is 199 Å². The van der Waals surface area contributed by atoms with Crippen molar-refractivity contribution in [3.05, 3.63) is 71.6 Å². The number of hydrogen-bond donors (Lipinski definition) is 2. The predicted octanol–water partition coefficient (Wildman–Crippen LogP) is 2.60. The smallest absolute Gasteiger partial charge is 0.307 e. The van der Waals surface area contributed by atoms with Gasteiger partial charge in [0.2, 0.25) is 0 Å². The average molecular weight is 485 g/mol. The topological polar surface area (TPSA) is 110 Å². The van der Waals surface area contributed by atoms with Crippen LogP contribution in [0, 0.1) is 0 Å². The van der Waals surface area contributed by atoms with E-state index in [1.54, 1.807) is 48.5 Å². The van der Waals surface area contributed by atoms with Crippen LogP contribution < -0.4 is 15.4 Å². The lowest BCUT2D eigenvalue weighted by molar-refractivity contribution is -0.117. The molecule has 10 heteroatoms. The molecule has 0 aliphatic rings. The van der Waals surface area contributed by atoms with E-state index in [4.69, 9.17) is 4.74 Å². The first kappa shape index (κ1) is 25.0. The summed E-state index contributed by atoms with van der Waals surface area (Å²) in [6.45, 7) is 2.34. The molecule has 1 aromatic heterocycles. The number of nitrogens with zero attached hydrogens (tertiary/aromatic N) is 2. The van der Waals surface area contributed by atoms with Crippen LogP contribution in [-0.2, 0) is 15.0 Å². The summed E-state index contributed by atoms with van der Waals surface area (Å²) in [5, 5.41) is 6.04. The highest BCUT2D eigenvalue weighted by Gasteiger charge is 2.22. The first-order valence-electron chi connectivity index (χ1n) is 10.7. The third-order valence-electron chi connectivity index (χ3n) is 5.10. The molecule has 2 aromatic carbocycles. The lowest BCUT2D eigenvalue weighted by Crippen LogP contribution is -2.35. The molecule has 2 N–H and O–H groups in total. The molecule has 3 rings (SSSR count). The Balaban J connectivity index is 2.07. The summed E-state index contributed by atoms with van der Waals surface area (Å²) >= 11 is 0. The van der Waals surface area contributed by atoms with Crippen LogP contribution in [0.3, 0.4) is 0 Å². The quantitative estimate of drug-likeness (QED) is 0.454. The molecule has 0 aliphatic heterocycles. The number of fused-ring (bicyclic) bond motifs is 1. The maximum absolute atomic E-state index is 12.9. The second-order valence-corrected chi connectivity index (χ2v) is 9.70. The van der Waals surface area contributed by atoms with Crippen molar-refractivity contribution in [2.45, 2.75) is 13.3 Å². The molecule has 0 bridgehead atoms. The molecule has 180 valence electrons. The maximum atomic E-state index is 12.9. The summed E-state index contributed by atoms with van der Waals surface area (Å²) in [7, 11) is 0.610. The molecule has 1 heterocycles. The molecule has 0 saturated carbocycles. The molecule has 9 nitrogen and oxygen atoms in total. The number of rotatable bonds is 9. The molecule has 0 unspecified atom stereocenters. The molecule has 0 fully saturated rings. The summed E-state index contributed by atoms with van der Waals surface area (Å²) in [5.74, 6) is -0.357. The van der Waals surface area contributed by atoms with E-state index in [0.29, 0.717) is 40.7 Å². The standard InChI is InChI=1S/C24H28N4O5S/c1-5-14-25-24(30)21(26-23(29)17-10-12-19(33-4)13-11-17)15-18-16-28(34(31,32)27(2)3)22-9-7-6-8-20(18)22/h6-13,15-16H,5,14H2,1-4H3,(H,25,30)(H,26,29). The summed E-state index contributed by atoms with van der Waals surface area (Å²) in [4.78, 5) is 25.7. The van der Waals surface area contributed by atoms with Crippen molar-refractivity contribution in [2.75, 3.05) is 27.7 Å². The fourth-order valence-corrected chi connectivity index (χ4v) is 4.25. The van der Waals surface area contributed by atoms with E-state index in [1.807, 2.05) is 6.92 Å². The van der Waals surface area contributed by atoms with Gasteiger partial charge in [0.25, 0.3) is 11.8 Å². The summed E-state index contributed by atoms with van der Waals surface area (Å²) in [5.41, 5.74) is 1.27. The molecule has 3 aromatic rings. The SMILES string of the molecule is CCCNC(=O)C(=Cc1cn(S(=O)(=O)N(C)C)c2ccccc12)NC(=O)c1ccc(OC)cc1. The average Bonchev–Trinajstić information content (AvgIpc) is 3.21. The first-order valence-corrected chi connectivity index (χ1v) is 12.1. The highest BCUT2D eigenvalue weighted by molar-refractivity contribution is 7.87. The second-order valence-electron chi connectivity index (χ2n) is 7.68. The summed E-state index contributed by atoms with van der Waals surface area (Å²) in [6.07, 6.45) is 3.63. The van der Waals surface area contributed by atoms with E-state index in [2.05, 4.69) is 10.6 Å². The van der Waals surface area contributed by atoms with Gasteiger partial charge in [-0.1, -0.05) is 25.1 Å². The minimum atomic E-state index is -3.80. The van der Waals surface area contributed by atoms with Gasteiger partial charge in [-0.2, -0.15) is 12.7 Å². The Kier molecular flexibility index (Phi) is 7.75. The lowest BCUT2D eigenvalue weighted by atomic mass is 10.1. The van der Waals surface area contributed by atoms with E-state index < -0.39 is 22.0 Å². The van der Waals surface area contributed by atoms with Gasteiger partial charge >= 0.3 is 10.2 Å². The Morgan fingerprint density at radius 3 is 2.38 bits per heavy atom. The number of para-hydroxylation sites is 1. The highest BCUT2D eigenvalue weighted by Crippen LogP contribution is 2.25. The van der Waals surface area contributed by atoms with E-state index in [9.17, 15) is 18.0 Å². The number of amides is 2. The fraction of sp³-hybridized carbons (Fsp3) is 0.250. The van der Waals surface area contributed by atoms with Gasteiger partial charge in [-0.05, 0) is 42.8 Å². The Bertz CT molecular complexity index is 1330. The largest absolute Gasteiger partial charge is 0.497 e. The number of methoxy groups -OCH3 is 1. The highest BCUT2D eigenvalue weighted by atomic mass is 32.2. The number of ether oxygens (including phenoxy) is 1. The minimum absolute atomic E-state index is 0.000535. The van der Waals surface area contributed by atoms with Gasteiger partial charge in [-0.25, -0.2) is 3.97 Å². The normalized spacial score (nSPS) is 12.1. The van der Waals surface area contributed by atoms with Crippen molar-refractivity contribution < 1.29 is 22.7 Å². The van der Waals surface area contributed by atoms with Crippen molar-refractivity contribution in [3.63, 3.8) is 0 Å². The first-order chi connectivity index (χ1) is 16.2. The van der Waals surface area contributed by atoms with Crippen LogP contribution in [0.25, 0.3) is 17.0 Å². The van der Waals surface area contributed by atoms with Crippen LogP contribution in [0.1, 0.15) is 29.3 Å². The van der Waals surface area contributed by atoms with Crippen molar-refractivity contribution in [1.82, 2.24) is 18.9 Å². The number of nitrogens with one attached hydrogen (secondary N) is 2. The molecule has 34 heavy (non-hydrogen) atoms. The van der Waals surface area contributed by atoms with Crippen molar-refractivity contribution in [2.24, 2.45) is 0 Å². The number of carbonyl (C=O) groups is 2. The van der Waals surface area contributed by atoms with Gasteiger partial charge in [0.1, 0.15) is 11.4 Å². The Morgan fingerprint density at radius 1 is 1.09 bits per heavy atom. The van der Waals surface area contributed by atoms with Crippen LogP contribution in [0.2, 0.25) is 0 Å². The van der Waals surface area contributed by atoms with E-state index in [1.165, 1.54) is 33.5 Å². The summed E-state index contributed by atoms with van der Waals surface area (Å²) < 4.78 is 33.1. The third kappa shape index (κ3) is 5.29. The molecule has 2 amide bonds. The molecule has 0 aliphatic carbocycles. The molecule has 0 atom stereocenters. The predicted molar refractivity (Wildman–Crippen MR) is 132 cm³/mol. The van der Waals surface area contributed by atoms with Gasteiger partial charge in [0.15, 0.2) is 0 Å². The molecule has 0 saturated heterocycles. The maximum Gasteiger partial charge on any atom is 0.307 e. The van der Waals surface area contributed by atoms with E-state index in [0.717, 1.165) is 8.28 Å². The zero-order chi connectivity index (χ0) is 24.9. The van der Waals surface area contributed by atoms with Gasteiger partial charge in [-0.3, -0.25) is 9.59 Å². The van der Waals surface area contributed by atoms with Crippen LogP contribution in [0.15, 0.2) is 60.4 Å². The number of aromatic nitrogens is 1. The molecule has 0 spiro atoms. The van der Waals surface area contributed by atoms with Crippen molar-refractivity contribution in [1.29, 1.82) is 0 Å². The van der Waals surface area contributed by atoms with Crippen LogP contribution in [-0.4, -0.2) is 56.3 Å². The van der Waals surface area contributed by atoms with E-state index >= 15 is 0 Å². The number of benzene rings is 2. The number of hydrogen-bond acceptors (Lipinski definition) is 5. The number of carbonyl (C=O) groups excluding carboxylic acids is 2. The van der Waals surface area contributed by atoms with Gasteiger partial charge in [0, 0.05) is 43.4 Å². The van der Waals surface area contributed by atoms with E-state index in [-0.39, 0.29) is 5.70 Å². The van der Waals surface area contributed by atoms with Gasteiger partial charge < -0.3 is 15.4 Å². The monoisotopic (exact) mass is 484 g/mol. The van der Waals surface area contributed by atoms with Gasteiger partial charge in [-0.15, -0.1) is 0 Å². The minimum Gasteiger partial charge on any atom is -0.497 e. The zero-order valence-electron chi connectivity index (χ0n) is 19.5. The third-order valence-corrected chi connectivity index (χ3v) is 6.82. The van der Waals surface area contributed by atoms with Crippen molar-refractivity contribution in [3.8, 4) is 5.75 Å². The summed E-state index contributed by atoms with van der Waals surface area (Å²) in [6, 6.07) is 13.4. The lowest BCUT2D eigenvalue weighted by Gasteiger charge is -2.13. The Morgan fingerprint density at radius 2 is 1.76 bits per heavy atom. The molecule has 0 radical (unpaired) electrons. The van der Waals surface area contributed by atoms with Crippen molar-refractivity contribution >= 4 is 39.0 Å². The van der Waals surface area contributed by atoms with Crippen LogP contribution >= 0.6 is 0 Å². The zero-order valence-corrected chi connectivity index (χ0v) is 20.3. The Hall–Kier alpha value is -3.63. The van der Waals surface area contributed by atoms with Crippen LogP contribution in [0.4, 0.5) is 0 Å². The fourth-order valence-electron chi connectivity index (χ4n) is 3.24. The molecular weight excluding hydrogens is 456 g/mol. The van der Waals surface area contributed by atoms with Gasteiger partial charge in [0.05, 0.1) is 12.6 Å². The molecular formula is C24H28N4O5S. The van der Waals surface area contributed by atoms with Crippen LogP contribution in [0.5, 0.6) is 5.75 Å². The second kappa shape index (κ2) is 10.5.